The van der Waals surface area contributed by atoms with Crippen molar-refractivity contribution >= 4 is 28.8 Å². The van der Waals surface area contributed by atoms with Crippen LogP contribution in [0.3, 0.4) is 0 Å². The van der Waals surface area contributed by atoms with Gasteiger partial charge >= 0.3 is 5.97 Å². The number of H-pyrrole nitrogens is 1. The molecule has 2 rings (SSSR count). The molecule has 0 fully saturated rings. The zero-order chi connectivity index (χ0) is 14.4. The highest BCUT2D eigenvalue weighted by Crippen LogP contribution is 2.21. The van der Waals surface area contributed by atoms with Crippen LogP contribution in [0.2, 0.25) is 0 Å². The average molecular weight is 294 g/mol. The van der Waals surface area contributed by atoms with E-state index in [0.717, 1.165) is 34.1 Å². The number of fused-ring (bicyclic) bond motifs is 1. The summed E-state index contributed by atoms with van der Waals surface area (Å²) in [6.45, 7) is 2.60. The molecule has 0 unspecified atom stereocenters. The number of benzene rings is 1. The van der Waals surface area contributed by atoms with Crippen molar-refractivity contribution in [3.8, 4) is 5.75 Å². The Hall–Kier alpha value is -1.69. The number of thioether (sulfide) groups is 1. The number of carbonyl (C=O) groups is 1. The summed E-state index contributed by atoms with van der Waals surface area (Å²) < 4.78 is 5.45. The first-order valence-corrected chi connectivity index (χ1v) is 7.75. The maximum Gasteiger partial charge on any atom is 0.303 e. The molecule has 1 aromatic carbocycles. The molecule has 1 heterocycles. The van der Waals surface area contributed by atoms with Crippen molar-refractivity contribution in [2.75, 3.05) is 12.4 Å². The van der Waals surface area contributed by atoms with Crippen LogP contribution in [0.4, 0.5) is 0 Å². The number of nitrogens with zero attached hydrogens (tertiary/aromatic N) is 1. The summed E-state index contributed by atoms with van der Waals surface area (Å²) in [6.07, 6.45) is 0.916. The van der Waals surface area contributed by atoms with Crippen LogP contribution in [0.15, 0.2) is 18.2 Å². The highest BCUT2D eigenvalue weighted by molar-refractivity contribution is 7.98. The Morgan fingerprint density at radius 2 is 2.35 bits per heavy atom. The SMILES string of the molecule is CCOc1ccc2nc(CSCCCC(=O)O)[nH]c2c1. The molecule has 0 atom stereocenters. The van der Waals surface area contributed by atoms with E-state index in [4.69, 9.17) is 9.84 Å². The molecular weight excluding hydrogens is 276 g/mol. The van der Waals surface area contributed by atoms with Gasteiger partial charge in [0, 0.05) is 12.5 Å². The molecule has 0 radical (unpaired) electrons. The van der Waals surface area contributed by atoms with Gasteiger partial charge in [-0.05, 0) is 31.2 Å². The van der Waals surface area contributed by atoms with Gasteiger partial charge in [0.1, 0.15) is 11.6 Å². The lowest BCUT2D eigenvalue weighted by Gasteiger charge is -2.00. The first-order valence-electron chi connectivity index (χ1n) is 6.60. The van der Waals surface area contributed by atoms with Crippen LogP contribution >= 0.6 is 11.8 Å². The molecule has 0 aliphatic rings. The minimum atomic E-state index is -0.738. The quantitative estimate of drug-likeness (QED) is 0.732. The predicted molar refractivity (Wildman–Crippen MR) is 80.3 cm³/mol. The van der Waals surface area contributed by atoms with Crippen LogP contribution < -0.4 is 4.74 Å². The molecule has 6 heteroatoms. The van der Waals surface area contributed by atoms with Gasteiger partial charge in [-0.3, -0.25) is 4.79 Å². The Balaban J connectivity index is 1.89. The summed E-state index contributed by atoms with van der Waals surface area (Å²) in [6, 6.07) is 5.80. The zero-order valence-electron chi connectivity index (χ0n) is 11.4. The van der Waals surface area contributed by atoms with Crippen LogP contribution in [0.1, 0.15) is 25.6 Å². The van der Waals surface area contributed by atoms with Gasteiger partial charge in [-0.25, -0.2) is 4.98 Å². The molecule has 0 aliphatic heterocycles. The maximum absolute atomic E-state index is 10.4. The summed E-state index contributed by atoms with van der Waals surface area (Å²) in [5, 5.41) is 8.56. The fraction of sp³-hybridized carbons (Fsp3) is 0.429. The Bertz CT molecular complexity index is 583. The average Bonchev–Trinajstić information content (AvgIpc) is 2.80. The molecule has 2 aromatic rings. The van der Waals surface area contributed by atoms with Gasteiger partial charge < -0.3 is 14.8 Å². The van der Waals surface area contributed by atoms with Crippen molar-refractivity contribution in [2.24, 2.45) is 0 Å². The molecule has 0 saturated heterocycles. The molecule has 5 nitrogen and oxygen atoms in total. The first kappa shape index (κ1) is 14.7. The van der Waals surface area contributed by atoms with Crippen molar-refractivity contribution < 1.29 is 14.6 Å². The summed E-state index contributed by atoms with van der Waals surface area (Å²) >= 11 is 1.69. The molecule has 20 heavy (non-hydrogen) atoms. The number of imidazole rings is 1. The molecule has 0 spiro atoms. The lowest BCUT2D eigenvalue weighted by molar-refractivity contribution is -0.137. The number of aliphatic carboxylic acids is 1. The summed E-state index contributed by atoms with van der Waals surface area (Å²) in [7, 11) is 0. The van der Waals surface area contributed by atoms with Crippen molar-refractivity contribution in [1.82, 2.24) is 9.97 Å². The standard InChI is InChI=1S/C14H18N2O3S/c1-2-19-10-5-6-11-12(8-10)16-13(15-11)9-20-7-3-4-14(17)18/h5-6,8H,2-4,7,9H2,1H3,(H,15,16)(H,17,18). The van der Waals surface area contributed by atoms with Gasteiger partial charge in [-0.15, -0.1) is 0 Å². The van der Waals surface area contributed by atoms with Gasteiger partial charge in [0.25, 0.3) is 0 Å². The highest BCUT2D eigenvalue weighted by Gasteiger charge is 2.05. The van der Waals surface area contributed by atoms with Gasteiger partial charge in [0.2, 0.25) is 0 Å². The number of hydrogen-bond acceptors (Lipinski definition) is 4. The first-order chi connectivity index (χ1) is 9.69. The number of hydrogen-bond donors (Lipinski definition) is 2. The number of nitrogens with one attached hydrogen (secondary N) is 1. The van der Waals surface area contributed by atoms with Crippen LogP contribution in [0.5, 0.6) is 5.75 Å². The molecule has 108 valence electrons. The van der Waals surface area contributed by atoms with Crippen molar-refractivity contribution in [3.05, 3.63) is 24.0 Å². The number of carboxylic acids is 1. The maximum atomic E-state index is 10.4. The Morgan fingerprint density at radius 3 is 3.10 bits per heavy atom. The molecular formula is C14H18N2O3S. The number of rotatable bonds is 8. The third-order valence-electron chi connectivity index (χ3n) is 2.73. The van der Waals surface area contributed by atoms with Gasteiger partial charge in [-0.1, -0.05) is 0 Å². The molecule has 0 aliphatic carbocycles. The molecule has 1 aromatic heterocycles. The lowest BCUT2D eigenvalue weighted by atomic mass is 10.3. The van der Waals surface area contributed by atoms with Crippen LogP contribution in [0, 0.1) is 0 Å². The number of aromatic nitrogens is 2. The minimum absolute atomic E-state index is 0.227. The summed E-state index contributed by atoms with van der Waals surface area (Å²) in [5.74, 6) is 2.60. The fourth-order valence-corrected chi connectivity index (χ4v) is 2.68. The Morgan fingerprint density at radius 1 is 1.50 bits per heavy atom. The fourth-order valence-electron chi connectivity index (χ4n) is 1.86. The van der Waals surface area contributed by atoms with Crippen molar-refractivity contribution in [1.29, 1.82) is 0 Å². The van der Waals surface area contributed by atoms with E-state index in [1.54, 1.807) is 11.8 Å². The van der Waals surface area contributed by atoms with Crippen molar-refractivity contribution in [2.45, 2.75) is 25.5 Å². The second-order valence-corrected chi connectivity index (χ2v) is 5.45. The van der Waals surface area contributed by atoms with Crippen molar-refractivity contribution in [3.63, 3.8) is 0 Å². The van der Waals surface area contributed by atoms with E-state index in [2.05, 4.69) is 9.97 Å². The normalized spacial score (nSPS) is 10.8. The monoisotopic (exact) mass is 294 g/mol. The molecule has 0 bridgehead atoms. The minimum Gasteiger partial charge on any atom is -0.494 e. The molecule has 0 amide bonds. The third kappa shape index (κ3) is 4.16. The highest BCUT2D eigenvalue weighted by atomic mass is 32.2. The second-order valence-electron chi connectivity index (χ2n) is 4.35. The number of ether oxygens (including phenoxy) is 1. The van der Waals surface area contributed by atoms with E-state index >= 15 is 0 Å². The van der Waals surface area contributed by atoms with E-state index in [-0.39, 0.29) is 6.42 Å². The number of carboxylic acid groups (broad SMARTS) is 1. The number of aromatic amines is 1. The summed E-state index contributed by atoms with van der Waals surface area (Å²) in [4.78, 5) is 18.2. The van der Waals surface area contributed by atoms with Gasteiger partial charge in [0.05, 0.1) is 23.4 Å². The Kier molecular flexibility index (Phi) is 5.29. The predicted octanol–water partition coefficient (Wildman–Crippen LogP) is 3.06. The largest absolute Gasteiger partial charge is 0.494 e. The van der Waals surface area contributed by atoms with E-state index in [9.17, 15) is 4.79 Å². The van der Waals surface area contributed by atoms with E-state index in [0.29, 0.717) is 13.0 Å². The Labute approximate surface area is 121 Å². The van der Waals surface area contributed by atoms with Crippen LogP contribution in [-0.2, 0) is 10.5 Å². The van der Waals surface area contributed by atoms with E-state index < -0.39 is 5.97 Å². The smallest absolute Gasteiger partial charge is 0.303 e. The summed E-state index contributed by atoms with van der Waals surface area (Å²) in [5.41, 5.74) is 1.90. The van der Waals surface area contributed by atoms with E-state index in [1.165, 1.54) is 0 Å². The molecule has 0 saturated carbocycles. The zero-order valence-corrected chi connectivity index (χ0v) is 12.2. The van der Waals surface area contributed by atoms with Gasteiger partial charge in [-0.2, -0.15) is 11.8 Å². The topological polar surface area (TPSA) is 75.2 Å². The van der Waals surface area contributed by atoms with Crippen LogP contribution in [0.25, 0.3) is 11.0 Å². The van der Waals surface area contributed by atoms with Gasteiger partial charge in [0.15, 0.2) is 0 Å². The second kappa shape index (κ2) is 7.19. The van der Waals surface area contributed by atoms with Crippen LogP contribution in [-0.4, -0.2) is 33.4 Å². The third-order valence-corrected chi connectivity index (χ3v) is 3.79. The molecule has 2 N–H and O–H groups in total. The lowest BCUT2D eigenvalue weighted by Crippen LogP contribution is -1.95. The van der Waals surface area contributed by atoms with E-state index in [1.807, 2.05) is 25.1 Å².